The Bertz CT molecular complexity index is 1460. The van der Waals surface area contributed by atoms with E-state index < -0.39 is 36.6 Å². The summed E-state index contributed by atoms with van der Waals surface area (Å²) >= 11 is 0. The van der Waals surface area contributed by atoms with Crippen molar-refractivity contribution in [2.45, 2.75) is 155 Å². The molecule has 0 spiro atoms. The van der Waals surface area contributed by atoms with Crippen LogP contribution in [0.25, 0.3) is 0 Å². The normalized spacial score (nSPS) is 11.6. The van der Waals surface area contributed by atoms with Gasteiger partial charge in [-0.15, -0.1) is 17.2 Å². The van der Waals surface area contributed by atoms with Crippen molar-refractivity contribution in [1.29, 1.82) is 0 Å². The topological polar surface area (TPSA) is 83.8 Å². The van der Waals surface area contributed by atoms with E-state index in [0.29, 0.717) is 11.6 Å². The van der Waals surface area contributed by atoms with Gasteiger partial charge in [0.25, 0.3) is 0 Å². The predicted molar refractivity (Wildman–Crippen MR) is 249 cm³/mol. The average molecular weight is 915 g/mol. The molecule has 2 unspecified atom stereocenters. The molecule has 0 aliphatic rings. The highest BCUT2D eigenvalue weighted by molar-refractivity contribution is 7.39. The zero-order valence-electron chi connectivity index (χ0n) is 36.9. The van der Waals surface area contributed by atoms with Crippen molar-refractivity contribution in [3.05, 3.63) is 101 Å². The molecule has 0 saturated heterocycles. The Morgan fingerprint density at radius 1 is 0.500 bits per heavy atom. The van der Waals surface area contributed by atoms with E-state index in [4.69, 9.17) is 10.0 Å². The second-order valence-corrected chi connectivity index (χ2v) is 18.2. The number of benzene rings is 3. The third-order valence-electron chi connectivity index (χ3n) is 9.98. The summed E-state index contributed by atoms with van der Waals surface area (Å²) in [6.07, 6.45) is 21.6. The Hall–Kier alpha value is -2.78. The number of hydrogen-bond donors (Lipinski definition) is 2. The number of alkyl halides is 6. The van der Waals surface area contributed by atoms with Crippen molar-refractivity contribution in [3.63, 3.8) is 0 Å². The minimum atomic E-state index is -5.01. The number of hydrogen-bond acceptors (Lipinski definition) is 5. The standard InChI is InChI=1S/2C20H33OP.C8H5BF6O3/c2*1-2-3-4-5-6-7-8-9-10-14-17-22-18-20(21)19-15-12-11-13-16-19;10-7(11,12)4-1-5(8(13,14)15)3-6(2-4)18-9(16)17/h2*11-13,15-16,22H,2-10,14,17-18H2,1H3;1-3,16-17H. The van der Waals surface area contributed by atoms with Crippen LogP contribution in [0.15, 0.2) is 78.9 Å². The first-order chi connectivity index (χ1) is 29.7. The summed E-state index contributed by atoms with van der Waals surface area (Å²) in [5, 5.41) is 16.7. The van der Waals surface area contributed by atoms with Crippen molar-refractivity contribution in [3.8, 4) is 5.75 Å². The molecule has 0 fully saturated rings. The summed E-state index contributed by atoms with van der Waals surface area (Å²) in [5.41, 5.74) is -1.46. The maximum Gasteiger partial charge on any atom is 0.707 e. The molecule has 0 radical (unpaired) electrons. The van der Waals surface area contributed by atoms with Crippen LogP contribution in [0.4, 0.5) is 26.3 Å². The van der Waals surface area contributed by atoms with Gasteiger partial charge in [0.1, 0.15) is 5.75 Å². The van der Waals surface area contributed by atoms with Crippen molar-refractivity contribution in [2.75, 3.05) is 24.6 Å². The first kappa shape index (κ1) is 57.2. The highest BCUT2D eigenvalue weighted by Crippen LogP contribution is 2.38. The van der Waals surface area contributed by atoms with Gasteiger partial charge in [-0.05, 0) is 43.4 Å². The van der Waals surface area contributed by atoms with Gasteiger partial charge in [0.05, 0.1) is 11.1 Å². The number of carbonyl (C=O) groups excluding carboxylic acids is 2. The molecule has 0 amide bonds. The fourth-order valence-corrected chi connectivity index (χ4v) is 8.66. The number of carbonyl (C=O) groups is 2. The monoisotopic (exact) mass is 914 g/mol. The first-order valence-corrected chi connectivity index (χ1v) is 25.4. The van der Waals surface area contributed by atoms with Crippen molar-refractivity contribution in [2.24, 2.45) is 0 Å². The van der Waals surface area contributed by atoms with Crippen LogP contribution in [-0.4, -0.2) is 53.6 Å². The van der Waals surface area contributed by atoms with Crippen molar-refractivity contribution < 1.29 is 50.6 Å². The molecule has 3 aromatic rings. The van der Waals surface area contributed by atoms with Crippen LogP contribution in [0.2, 0.25) is 0 Å². The van der Waals surface area contributed by atoms with Crippen LogP contribution < -0.4 is 4.65 Å². The fourth-order valence-electron chi connectivity index (χ4n) is 6.45. The summed E-state index contributed by atoms with van der Waals surface area (Å²) < 4.78 is 78.0. The molecule has 2 atom stereocenters. The van der Waals surface area contributed by atoms with Crippen LogP contribution in [0.1, 0.15) is 174 Å². The van der Waals surface area contributed by atoms with Gasteiger partial charge in [0.2, 0.25) is 0 Å². The highest BCUT2D eigenvalue weighted by Gasteiger charge is 2.37. The lowest BCUT2D eigenvalue weighted by atomic mass is 10.1. The SMILES string of the molecule is CCCCCCCCCCCCPCC(=O)c1ccccc1.CCCCCCCCCCCCPCC(=O)c1ccccc1.OB(O)Oc1cc(C(F)(F)F)cc(C(F)(F)F)c1. The molecule has 14 heteroatoms. The summed E-state index contributed by atoms with van der Waals surface area (Å²) in [4.78, 5) is 23.9. The molecule has 5 nitrogen and oxygen atoms in total. The van der Waals surface area contributed by atoms with Crippen molar-refractivity contribution in [1.82, 2.24) is 0 Å². The van der Waals surface area contributed by atoms with Crippen LogP contribution in [0.5, 0.6) is 5.75 Å². The molecule has 62 heavy (non-hydrogen) atoms. The molecule has 2 N–H and O–H groups in total. The van der Waals surface area contributed by atoms with Gasteiger partial charge in [-0.25, -0.2) is 0 Å². The smallest absolute Gasteiger partial charge is 0.512 e. The Kier molecular flexibility index (Phi) is 32.8. The molecule has 348 valence electrons. The minimum Gasteiger partial charge on any atom is -0.512 e. The van der Waals surface area contributed by atoms with E-state index in [0.717, 1.165) is 40.6 Å². The van der Waals surface area contributed by atoms with Crippen molar-refractivity contribution >= 4 is 36.0 Å². The molecule has 0 heterocycles. The molecule has 0 saturated carbocycles. The van der Waals surface area contributed by atoms with Crippen LogP contribution in [-0.2, 0) is 12.4 Å². The van der Waals surface area contributed by atoms with E-state index in [1.807, 2.05) is 60.7 Å². The largest absolute Gasteiger partial charge is 0.707 e. The second-order valence-electron chi connectivity index (χ2n) is 15.5. The summed E-state index contributed by atoms with van der Waals surface area (Å²) in [7, 11) is -0.918. The van der Waals surface area contributed by atoms with E-state index >= 15 is 0 Å². The Balaban J connectivity index is 0.000000468. The maximum absolute atomic E-state index is 12.3. The number of rotatable bonds is 30. The number of halogens is 6. The van der Waals surface area contributed by atoms with Crippen LogP contribution in [0.3, 0.4) is 0 Å². The van der Waals surface area contributed by atoms with E-state index in [1.165, 1.54) is 141 Å². The van der Waals surface area contributed by atoms with Gasteiger partial charge < -0.3 is 14.7 Å². The molecule has 0 aliphatic heterocycles. The lowest BCUT2D eigenvalue weighted by Crippen LogP contribution is -2.21. The number of unbranched alkanes of at least 4 members (excludes halogenated alkanes) is 18. The van der Waals surface area contributed by atoms with E-state index in [9.17, 15) is 35.9 Å². The number of Topliss-reactive ketones (excluding diaryl/α,β-unsaturated/α-hetero) is 2. The van der Waals surface area contributed by atoms with Crippen LogP contribution >= 0.6 is 17.2 Å². The molecular weight excluding hydrogens is 843 g/mol. The lowest BCUT2D eigenvalue weighted by molar-refractivity contribution is -0.143. The molecule has 3 aromatic carbocycles. The van der Waals surface area contributed by atoms with Gasteiger partial charge in [-0.2, -0.15) is 26.3 Å². The quantitative estimate of drug-likeness (QED) is 0.0229. The van der Waals surface area contributed by atoms with Gasteiger partial charge in [0, 0.05) is 23.5 Å². The summed E-state index contributed by atoms with van der Waals surface area (Å²) in [6.45, 7) is 4.54. The predicted octanol–water partition coefficient (Wildman–Crippen LogP) is 15.0. The number of ketones is 2. The fraction of sp³-hybridized carbons (Fsp3) is 0.583. The van der Waals surface area contributed by atoms with Gasteiger partial charge in [-0.1, -0.05) is 190 Å². The van der Waals surface area contributed by atoms with Crippen LogP contribution in [0, 0.1) is 0 Å². The zero-order valence-corrected chi connectivity index (χ0v) is 38.9. The third-order valence-corrected chi connectivity index (χ3v) is 12.5. The lowest BCUT2D eigenvalue weighted by Gasteiger charge is -2.14. The molecule has 0 aliphatic carbocycles. The van der Waals surface area contributed by atoms with Gasteiger partial charge in [-0.3, -0.25) is 9.59 Å². The summed E-state index contributed by atoms with van der Waals surface area (Å²) in [5.74, 6) is -0.329. The first-order valence-electron chi connectivity index (χ1n) is 22.6. The third kappa shape index (κ3) is 30.3. The summed E-state index contributed by atoms with van der Waals surface area (Å²) in [6, 6.07) is 19.8. The maximum atomic E-state index is 12.3. The average Bonchev–Trinajstić information content (AvgIpc) is 3.24. The molecular formula is C48H71BF6O5P2. The van der Waals surface area contributed by atoms with E-state index in [2.05, 4.69) is 18.5 Å². The highest BCUT2D eigenvalue weighted by atomic mass is 31.1. The van der Waals surface area contributed by atoms with E-state index in [1.54, 1.807) is 0 Å². The Morgan fingerprint density at radius 3 is 1.10 bits per heavy atom. The van der Waals surface area contributed by atoms with Gasteiger partial charge >= 0.3 is 19.7 Å². The van der Waals surface area contributed by atoms with Gasteiger partial charge in [0.15, 0.2) is 11.6 Å². The molecule has 0 aromatic heterocycles. The molecule has 3 rings (SSSR count). The zero-order chi connectivity index (χ0) is 45.9. The molecule has 0 bridgehead atoms. The van der Waals surface area contributed by atoms with E-state index in [-0.39, 0.29) is 18.2 Å². The minimum absolute atomic E-state index is 0.101. The Labute approximate surface area is 371 Å². The second kappa shape index (κ2) is 35.6. The Morgan fingerprint density at radius 2 is 0.806 bits per heavy atom.